The number of benzene rings is 1. The van der Waals surface area contributed by atoms with Crippen LogP contribution in [-0.4, -0.2) is 54.9 Å². The van der Waals surface area contributed by atoms with Crippen LogP contribution in [0.5, 0.6) is 0 Å². The third-order valence-corrected chi connectivity index (χ3v) is 5.27. The van der Waals surface area contributed by atoms with Crippen molar-refractivity contribution >= 4 is 47.4 Å². The number of carbonyl (C=O) groups excluding carboxylic acids is 2. The molecule has 7 nitrogen and oxygen atoms in total. The number of likely N-dealkylation sites (tertiary alicyclic amines) is 1. The molecule has 1 aromatic carbocycles. The molecule has 0 spiro atoms. The highest BCUT2D eigenvalue weighted by atomic mass is 127. The first kappa shape index (κ1) is 23.4. The van der Waals surface area contributed by atoms with Gasteiger partial charge in [0, 0.05) is 50.7 Å². The second-order valence-corrected chi connectivity index (χ2v) is 7.33. The van der Waals surface area contributed by atoms with E-state index in [1.54, 1.807) is 0 Å². The second-order valence-electron chi connectivity index (χ2n) is 7.33. The topological polar surface area (TPSA) is 77.0 Å². The maximum Gasteiger partial charge on any atom is 0.227 e. The first-order chi connectivity index (χ1) is 13.6. The molecule has 160 valence electrons. The molecule has 2 heterocycles. The first-order valence-electron chi connectivity index (χ1n) is 10.3. The van der Waals surface area contributed by atoms with Crippen LogP contribution in [0.4, 0.5) is 5.69 Å². The molecule has 0 bridgehead atoms. The molecule has 2 N–H and O–H groups in total. The highest BCUT2D eigenvalue weighted by molar-refractivity contribution is 14.0. The Morgan fingerprint density at radius 3 is 2.59 bits per heavy atom. The van der Waals surface area contributed by atoms with Crippen LogP contribution in [0.15, 0.2) is 29.3 Å². The molecule has 0 aromatic heterocycles. The predicted octanol–water partition coefficient (Wildman–Crippen LogP) is 2.50. The Morgan fingerprint density at radius 2 is 1.97 bits per heavy atom. The maximum absolute atomic E-state index is 11.9. The van der Waals surface area contributed by atoms with Gasteiger partial charge in [-0.15, -0.1) is 24.0 Å². The van der Waals surface area contributed by atoms with Gasteiger partial charge in [0.15, 0.2) is 5.96 Å². The van der Waals surface area contributed by atoms with Gasteiger partial charge in [0.2, 0.25) is 11.8 Å². The fourth-order valence-electron chi connectivity index (χ4n) is 3.71. The molecule has 2 amide bonds. The third kappa shape index (κ3) is 6.32. The molecule has 1 atom stereocenters. The zero-order chi connectivity index (χ0) is 19.9. The number of anilines is 1. The molecule has 8 heteroatoms. The van der Waals surface area contributed by atoms with E-state index >= 15 is 0 Å². The van der Waals surface area contributed by atoms with E-state index in [0.29, 0.717) is 19.4 Å². The Balaban J connectivity index is 0.00000300. The quantitative estimate of drug-likeness (QED) is 0.348. The summed E-state index contributed by atoms with van der Waals surface area (Å²) in [6.45, 7) is 7.64. The number of aliphatic imine (C=N–C) groups is 1. The van der Waals surface area contributed by atoms with E-state index in [1.807, 2.05) is 47.9 Å². The average Bonchev–Trinajstić information content (AvgIpc) is 3.35. The van der Waals surface area contributed by atoms with Crippen LogP contribution in [0.3, 0.4) is 0 Å². The number of halogens is 1. The Hall–Kier alpha value is -1.84. The summed E-state index contributed by atoms with van der Waals surface area (Å²) in [7, 11) is 0. The summed E-state index contributed by atoms with van der Waals surface area (Å²) in [6.07, 6.45) is 3.08. The largest absolute Gasteiger partial charge is 0.357 e. The van der Waals surface area contributed by atoms with Crippen LogP contribution in [-0.2, 0) is 16.1 Å². The van der Waals surface area contributed by atoms with Gasteiger partial charge in [0.25, 0.3) is 0 Å². The summed E-state index contributed by atoms with van der Waals surface area (Å²) < 4.78 is 0. The third-order valence-electron chi connectivity index (χ3n) is 5.27. The Kier molecular flexibility index (Phi) is 9.19. The summed E-state index contributed by atoms with van der Waals surface area (Å²) in [5.41, 5.74) is 2.06. The van der Waals surface area contributed by atoms with E-state index in [4.69, 9.17) is 0 Å². The lowest BCUT2D eigenvalue weighted by Crippen LogP contribution is -2.45. The summed E-state index contributed by atoms with van der Waals surface area (Å²) in [6, 6.07) is 8.30. The molecule has 2 aliphatic rings. The molecule has 1 aromatic rings. The summed E-state index contributed by atoms with van der Waals surface area (Å²) in [5.74, 6) is 1.19. The minimum atomic E-state index is 0. The van der Waals surface area contributed by atoms with Crippen molar-refractivity contribution in [3.8, 4) is 0 Å². The van der Waals surface area contributed by atoms with Crippen molar-refractivity contribution < 1.29 is 9.59 Å². The second kappa shape index (κ2) is 11.4. The molecule has 1 unspecified atom stereocenters. The lowest BCUT2D eigenvalue weighted by atomic mass is 10.2. The van der Waals surface area contributed by atoms with Crippen molar-refractivity contribution in [1.29, 1.82) is 0 Å². The van der Waals surface area contributed by atoms with Gasteiger partial charge in [-0.3, -0.25) is 9.59 Å². The van der Waals surface area contributed by atoms with Crippen molar-refractivity contribution in [1.82, 2.24) is 15.5 Å². The van der Waals surface area contributed by atoms with Crippen LogP contribution >= 0.6 is 24.0 Å². The maximum atomic E-state index is 11.9. The monoisotopic (exact) mass is 513 g/mol. The number of hydrogen-bond acceptors (Lipinski definition) is 3. The zero-order valence-electron chi connectivity index (χ0n) is 17.3. The number of nitrogens with one attached hydrogen (secondary N) is 2. The predicted molar refractivity (Wildman–Crippen MR) is 127 cm³/mol. The van der Waals surface area contributed by atoms with E-state index in [1.165, 1.54) is 0 Å². The molecule has 29 heavy (non-hydrogen) atoms. The first-order valence-corrected chi connectivity index (χ1v) is 10.3. The van der Waals surface area contributed by atoms with Crippen LogP contribution in [0.1, 0.15) is 45.1 Å². The van der Waals surface area contributed by atoms with Crippen molar-refractivity contribution in [3.05, 3.63) is 29.8 Å². The molecular weight excluding hydrogens is 481 g/mol. The molecule has 3 rings (SSSR count). The van der Waals surface area contributed by atoms with Crippen LogP contribution in [0.25, 0.3) is 0 Å². The molecule has 2 fully saturated rings. The van der Waals surface area contributed by atoms with Crippen molar-refractivity contribution in [2.45, 2.75) is 52.1 Å². The van der Waals surface area contributed by atoms with Gasteiger partial charge in [-0.25, -0.2) is 4.99 Å². The normalized spacial score (nSPS) is 19.3. The van der Waals surface area contributed by atoms with E-state index in [-0.39, 0.29) is 41.8 Å². The summed E-state index contributed by atoms with van der Waals surface area (Å²) >= 11 is 0. The SMILES string of the molecule is CCNC(=NCc1ccc(N2CCCC2=O)cc1)NC1CCN(C(=O)CC)C1.I. The number of rotatable bonds is 6. The van der Waals surface area contributed by atoms with Gasteiger partial charge in [-0.1, -0.05) is 19.1 Å². The minimum absolute atomic E-state index is 0. The molecule has 0 radical (unpaired) electrons. The number of nitrogens with zero attached hydrogens (tertiary/aromatic N) is 3. The summed E-state index contributed by atoms with van der Waals surface area (Å²) in [5, 5.41) is 6.73. The highest BCUT2D eigenvalue weighted by Gasteiger charge is 2.25. The van der Waals surface area contributed by atoms with E-state index < -0.39 is 0 Å². The number of carbonyl (C=O) groups is 2. The van der Waals surface area contributed by atoms with E-state index in [9.17, 15) is 9.59 Å². The van der Waals surface area contributed by atoms with E-state index in [2.05, 4.69) is 15.6 Å². The molecule has 0 aliphatic carbocycles. The molecule has 0 saturated carbocycles. The van der Waals surface area contributed by atoms with Crippen molar-refractivity contribution in [3.63, 3.8) is 0 Å². The smallest absolute Gasteiger partial charge is 0.227 e. The zero-order valence-corrected chi connectivity index (χ0v) is 19.6. The number of guanidine groups is 1. The fourth-order valence-corrected chi connectivity index (χ4v) is 3.71. The van der Waals surface area contributed by atoms with Gasteiger partial charge in [-0.2, -0.15) is 0 Å². The van der Waals surface area contributed by atoms with Gasteiger partial charge in [-0.05, 0) is 37.5 Å². The summed E-state index contributed by atoms with van der Waals surface area (Å²) in [4.78, 5) is 32.2. The molecule has 2 saturated heterocycles. The number of hydrogen-bond donors (Lipinski definition) is 2. The van der Waals surface area contributed by atoms with Gasteiger partial charge in [0.05, 0.1) is 6.54 Å². The van der Waals surface area contributed by atoms with Crippen LogP contribution in [0, 0.1) is 0 Å². The molecular formula is C21H32IN5O2. The Bertz CT molecular complexity index is 722. The minimum Gasteiger partial charge on any atom is -0.357 e. The average molecular weight is 513 g/mol. The lowest BCUT2D eigenvalue weighted by molar-refractivity contribution is -0.129. The Labute approximate surface area is 190 Å². The fraction of sp³-hybridized carbons (Fsp3) is 0.571. The standard InChI is InChI=1S/C21H31N5O2.HI/c1-3-19(27)25-13-11-17(15-25)24-21(22-4-2)23-14-16-7-9-18(10-8-16)26-12-5-6-20(26)28;/h7-10,17H,3-6,11-15H2,1-2H3,(H2,22,23,24);1H. The van der Waals surface area contributed by atoms with Gasteiger partial charge >= 0.3 is 0 Å². The van der Waals surface area contributed by atoms with Crippen LogP contribution in [0.2, 0.25) is 0 Å². The number of amides is 2. The van der Waals surface area contributed by atoms with Gasteiger partial charge in [0.1, 0.15) is 0 Å². The molecule has 2 aliphatic heterocycles. The Morgan fingerprint density at radius 1 is 1.21 bits per heavy atom. The van der Waals surface area contributed by atoms with Crippen LogP contribution < -0.4 is 15.5 Å². The lowest BCUT2D eigenvalue weighted by Gasteiger charge is -2.19. The van der Waals surface area contributed by atoms with E-state index in [0.717, 1.165) is 56.2 Å². The van der Waals surface area contributed by atoms with Crippen molar-refractivity contribution in [2.75, 3.05) is 31.1 Å². The van der Waals surface area contributed by atoms with Gasteiger partial charge < -0.3 is 20.4 Å². The highest BCUT2D eigenvalue weighted by Crippen LogP contribution is 2.21. The van der Waals surface area contributed by atoms with Crippen molar-refractivity contribution in [2.24, 2.45) is 4.99 Å².